The molecular weight excluding hydrogens is 272 g/mol. The maximum atomic E-state index is 11.7. The number of carbonyl (C=O) groups excluding carboxylic acids is 1. The van der Waals surface area contributed by atoms with Crippen LogP contribution in [0.5, 0.6) is 0 Å². The molecule has 0 radical (unpaired) electrons. The number of anilines is 1. The zero-order valence-corrected chi connectivity index (χ0v) is 11.8. The minimum Gasteiger partial charge on any atom is -0.478 e. The lowest BCUT2D eigenvalue weighted by molar-refractivity contribution is 0.0120. The van der Waals surface area contributed by atoms with Crippen molar-refractivity contribution in [2.75, 3.05) is 18.5 Å². The van der Waals surface area contributed by atoms with E-state index < -0.39 is 5.97 Å². The Kier molecular flexibility index (Phi) is 5.57. The first-order chi connectivity index (χ1) is 10.1. The third-order valence-electron chi connectivity index (χ3n) is 3.39. The summed E-state index contributed by atoms with van der Waals surface area (Å²) >= 11 is 0. The summed E-state index contributed by atoms with van der Waals surface area (Å²) in [6, 6.07) is 5.80. The van der Waals surface area contributed by atoms with E-state index in [9.17, 15) is 9.59 Å². The fraction of sp³-hybridized carbons (Fsp3) is 0.467. The Morgan fingerprint density at radius 1 is 1.33 bits per heavy atom. The van der Waals surface area contributed by atoms with Gasteiger partial charge in [-0.05, 0) is 43.9 Å². The van der Waals surface area contributed by atoms with E-state index in [1.54, 1.807) is 12.1 Å². The number of urea groups is 1. The van der Waals surface area contributed by atoms with Gasteiger partial charge in [-0.1, -0.05) is 6.07 Å². The molecule has 114 valence electrons. The number of carboxylic acids is 1. The first-order valence-corrected chi connectivity index (χ1v) is 7.15. The Labute approximate surface area is 123 Å². The van der Waals surface area contributed by atoms with Gasteiger partial charge in [0.1, 0.15) is 0 Å². The molecule has 1 saturated heterocycles. The Bertz CT molecular complexity index is 498. The van der Waals surface area contributed by atoms with Crippen molar-refractivity contribution in [2.24, 2.45) is 0 Å². The van der Waals surface area contributed by atoms with E-state index in [4.69, 9.17) is 9.84 Å². The third kappa shape index (κ3) is 5.07. The highest BCUT2D eigenvalue weighted by Crippen LogP contribution is 2.15. The highest BCUT2D eigenvalue weighted by molar-refractivity contribution is 5.93. The van der Waals surface area contributed by atoms with E-state index in [0.717, 1.165) is 25.9 Å². The molecule has 6 nitrogen and oxygen atoms in total. The highest BCUT2D eigenvalue weighted by Gasteiger charge is 2.13. The van der Waals surface area contributed by atoms with Gasteiger partial charge in [0.25, 0.3) is 0 Å². The van der Waals surface area contributed by atoms with Crippen LogP contribution >= 0.6 is 0 Å². The van der Waals surface area contributed by atoms with Crippen molar-refractivity contribution in [1.29, 1.82) is 0 Å². The number of aromatic carboxylic acids is 1. The van der Waals surface area contributed by atoms with Crippen molar-refractivity contribution in [3.05, 3.63) is 29.8 Å². The Hall–Kier alpha value is -2.08. The summed E-state index contributed by atoms with van der Waals surface area (Å²) in [5.41, 5.74) is 0.602. The van der Waals surface area contributed by atoms with E-state index in [0.29, 0.717) is 12.2 Å². The first kappa shape index (κ1) is 15.3. The third-order valence-corrected chi connectivity index (χ3v) is 3.39. The highest BCUT2D eigenvalue weighted by atomic mass is 16.5. The van der Waals surface area contributed by atoms with Crippen LogP contribution in [-0.2, 0) is 4.74 Å². The normalized spacial score (nSPS) is 18.0. The van der Waals surface area contributed by atoms with Gasteiger partial charge >= 0.3 is 12.0 Å². The molecule has 21 heavy (non-hydrogen) atoms. The largest absolute Gasteiger partial charge is 0.478 e. The molecule has 2 rings (SSSR count). The smallest absolute Gasteiger partial charge is 0.335 e. The van der Waals surface area contributed by atoms with E-state index in [1.165, 1.54) is 18.6 Å². The maximum absolute atomic E-state index is 11.7. The number of nitrogens with one attached hydrogen (secondary N) is 2. The molecule has 1 aliphatic heterocycles. The van der Waals surface area contributed by atoms with Gasteiger partial charge in [-0.25, -0.2) is 9.59 Å². The summed E-state index contributed by atoms with van der Waals surface area (Å²) in [7, 11) is 0. The Morgan fingerprint density at radius 2 is 2.19 bits per heavy atom. The molecule has 1 atom stereocenters. The molecule has 1 aromatic rings. The van der Waals surface area contributed by atoms with Gasteiger partial charge in [-0.15, -0.1) is 0 Å². The van der Waals surface area contributed by atoms with Gasteiger partial charge in [0.2, 0.25) is 0 Å². The van der Waals surface area contributed by atoms with Crippen molar-refractivity contribution in [1.82, 2.24) is 5.32 Å². The Balaban J connectivity index is 1.73. The number of rotatable bonds is 5. The molecule has 0 aliphatic carbocycles. The SMILES string of the molecule is O=C(NCCC1CCCCO1)Nc1cccc(C(=O)O)c1. The molecule has 1 unspecified atom stereocenters. The van der Waals surface area contributed by atoms with Crippen LogP contribution in [0, 0.1) is 0 Å². The van der Waals surface area contributed by atoms with Crippen molar-refractivity contribution in [2.45, 2.75) is 31.8 Å². The monoisotopic (exact) mass is 292 g/mol. The van der Waals surface area contributed by atoms with Gasteiger partial charge in [0.15, 0.2) is 0 Å². The van der Waals surface area contributed by atoms with Crippen LogP contribution in [-0.4, -0.2) is 36.4 Å². The van der Waals surface area contributed by atoms with Crippen LogP contribution in [0.3, 0.4) is 0 Å². The predicted octanol–water partition coefficient (Wildman–Crippen LogP) is 2.47. The molecule has 3 N–H and O–H groups in total. The molecular formula is C15H20N2O4. The second-order valence-electron chi connectivity index (χ2n) is 5.04. The maximum Gasteiger partial charge on any atom is 0.335 e. The van der Waals surface area contributed by atoms with E-state index >= 15 is 0 Å². The van der Waals surface area contributed by atoms with Crippen molar-refractivity contribution >= 4 is 17.7 Å². The van der Waals surface area contributed by atoms with Crippen LogP contribution in [0.25, 0.3) is 0 Å². The second-order valence-corrected chi connectivity index (χ2v) is 5.04. The molecule has 6 heteroatoms. The summed E-state index contributed by atoms with van der Waals surface area (Å²) in [6.07, 6.45) is 4.37. The summed E-state index contributed by atoms with van der Waals surface area (Å²) in [5, 5.41) is 14.3. The molecule has 0 saturated carbocycles. The van der Waals surface area contributed by atoms with Gasteiger partial charge in [0.05, 0.1) is 11.7 Å². The number of benzene rings is 1. The zero-order valence-electron chi connectivity index (χ0n) is 11.8. The lowest BCUT2D eigenvalue weighted by Gasteiger charge is -2.22. The standard InChI is InChI=1S/C15H20N2O4/c18-14(19)11-4-3-5-12(10-11)17-15(20)16-8-7-13-6-1-2-9-21-13/h3-5,10,13H,1-2,6-9H2,(H,18,19)(H2,16,17,20). The molecule has 0 spiro atoms. The van der Waals surface area contributed by atoms with Gasteiger partial charge < -0.3 is 20.5 Å². The molecule has 1 aromatic carbocycles. The summed E-state index contributed by atoms with van der Waals surface area (Å²) in [6.45, 7) is 1.34. The lowest BCUT2D eigenvalue weighted by Crippen LogP contribution is -2.32. The van der Waals surface area contributed by atoms with E-state index in [-0.39, 0.29) is 17.7 Å². The minimum absolute atomic E-state index is 0.142. The molecule has 1 fully saturated rings. The number of carbonyl (C=O) groups is 2. The average molecular weight is 292 g/mol. The van der Waals surface area contributed by atoms with Crippen LogP contribution in [0.4, 0.5) is 10.5 Å². The van der Waals surface area contributed by atoms with Crippen molar-refractivity contribution in [3.8, 4) is 0 Å². The fourth-order valence-electron chi connectivity index (χ4n) is 2.29. The van der Waals surface area contributed by atoms with Crippen LogP contribution in [0.1, 0.15) is 36.0 Å². The van der Waals surface area contributed by atoms with Gasteiger partial charge in [-0.3, -0.25) is 0 Å². The number of amides is 2. The van der Waals surface area contributed by atoms with Crippen LogP contribution in [0.15, 0.2) is 24.3 Å². The average Bonchev–Trinajstić information content (AvgIpc) is 2.48. The molecule has 0 bridgehead atoms. The number of hydrogen-bond donors (Lipinski definition) is 3. The van der Waals surface area contributed by atoms with Crippen molar-refractivity contribution < 1.29 is 19.4 Å². The quantitative estimate of drug-likeness (QED) is 0.778. The number of hydrogen-bond acceptors (Lipinski definition) is 3. The second kappa shape index (κ2) is 7.64. The zero-order chi connectivity index (χ0) is 15.1. The molecule has 2 amide bonds. The lowest BCUT2D eigenvalue weighted by atomic mass is 10.1. The van der Waals surface area contributed by atoms with Crippen LogP contribution < -0.4 is 10.6 Å². The first-order valence-electron chi connectivity index (χ1n) is 7.15. The van der Waals surface area contributed by atoms with E-state index in [1.807, 2.05) is 0 Å². The number of carboxylic acid groups (broad SMARTS) is 1. The number of ether oxygens (including phenoxy) is 1. The van der Waals surface area contributed by atoms with Crippen molar-refractivity contribution in [3.63, 3.8) is 0 Å². The summed E-state index contributed by atoms with van der Waals surface area (Å²) in [5.74, 6) is -1.02. The van der Waals surface area contributed by atoms with Gasteiger partial charge in [0, 0.05) is 18.8 Å². The van der Waals surface area contributed by atoms with Gasteiger partial charge in [-0.2, -0.15) is 0 Å². The summed E-state index contributed by atoms with van der Waals surface area (Å²) in [4.78, 5) is 22.6. The molecule has 0 aromatic heterocycles. The van der Waals surface area contributed by atoms with Crippen LogP contribution in [0.2, 0.25) is 0 Å². The Morgan fingerprint density at radius 3 is 2.90 bits per heavy atom. The topological polar surface area (TPSA) is 87.7 Å². The fourth-order valence-corrected chi connectivity index (χ4v) is 2.29. The molecule has 1 aliphatic rings. The predicted molar refractivity (Wildman–Crippen MR) is 78.6 cm³/mol. The minimum atomic E-state index is -1.02. The summed E-state index contributed by atoms with van der Waals surface area (Å²) < 4.78 is 5.58. The van der Waals surface area contributed by atoms with E-state index in [2.05, 4.69) is 10.6 Å². The molecule has 1 heterocycles.